The van der Waals surface area contributed by atoms with Crippen molar-refractivity contribution in [1.82, 2.24) is 29.5 Å². The van der Waals surface area contributed by atoms with Gasteiger partial charge in [-0.05, 0) is 57.2 Å². The van der Waals surface area contributed by atoms with Gasteiger partial charge in [-0.1, -0.05) is 6.07 Å². The maximum absolute atomic E-state index is 12.9. The van der Waals surface area contributed by atoms with Crippen LogP contribution in [0.4, 0.5) is 22.4 Å². The lowest BCUT2D eigenvalue weighted by molar-refractivity contribution is 0.0141. The fourth-order valence-electron chi connectivity index (χ4n) is 3.45. The van der Waals surface area contributed by atoms with E-state index in [1.54, 1.807) is 52.4 Å². The van der Waals surface area contributed by atoms with Crippen LogP contribution in [0.5, 0.6) is 0 Å². The van der Waals surface area contributed by atoms with Gasteiger partial charge >= 0.3 is 6.09 Å². The molecule has 1 aliphatic heterocycles. The number of hydrogen-bond acceptors (Lipinski definition) is 8. The Hall–Kier alpha value is -4.15. The molecule has 4 rings (SSSR count). The molecule has 0 saturated carbocycles. The normalized spacial score (nSPS) is 14.1. The average molecular weight is 465 g/mol. The Bertz CT molecular complexity index is 1150. The Balaban J connectivity index is 1.34. The summed E-state index contributed by atoms with van der Waals surface area (Å²) in [5.74, 6) is 1.00. The summed E-state index contributed by atoms with van der Waals surface area (Å²) >= 11 is 0. The molecule has 2 amide bonds. The number of carbonyl (C=O) groups excluding carboxylic acids is 2. The standard InChI is InChI=1S/C23H28N8O3/c1-23(2,3)34-22(33)30-14-12-29(13-15-30)19(32)16-7-9-17(10-8-16)26-21-27-20(24)31(28-21)18-6-4-5-11-25-18/h4-11H,12-15H2,1-3H3,(H3,24,26,27,28). The van der Waals surface area contributed by atoms with Gasteiger partial charge in [-0.2, -0.15) is 9.67 Å². The van der Waals surface area contributed by atoms with Crippen LogP contribution in [0, 0.1) is 0 Å². The highest BCUT2D eigenvalue weighted by atomic mass is 16.6. The van der Waals surface area contributed by atoms with Crippen LogP contribution in [-0.4, -0.2) is 73.3 Å². The second kappa shape index (κ2) is 9.38. The number of rotatable bonds is 4. The van der Waals surface area contributed by atoms with Crippen LogP contribution in [0.2, 0.25) is 0 Å². The van der Waals surface area contributed by atoms with E-state index in [2.05, 4.69) is 20.4 Å². The summed E-state index contributed by atoms with van der Waals surface area (Å²) in [6.45, 7) is 7.28. The molecule has 0 unspecified atom stereocenters. The zero-order chi connectivity index (χ0) is 24.3. The molecular weight excluding hydrogens is 436 g/mol. The number of piperazine rings is 1. The molecule has 0 bridgehead atoms. The predicted octanol–water partition coefficient (Wildman–Crippen LogP) is 2.68. The summed E-state index contributed by atoms with van der Waals surface area (Å²) in [7, 11) is 0. The highest BCUT2D eigenvalue weighted by molar-refractivity contribution is 5.94. The number of ether oxygens (including phenoxy) is 1. The first-order valence-corrected chi connectivity index (χ1v) is 11.0. The van der Waals surface area contributed by atoms with Crippen LogP contribution >= 0.6 is 0 Å². The SMILES string of the molecule is CC(C)(C)OC(=O)N1CCN(C(=O)c2ccc(Nc3nc(N)n(-c4ccccn4)n3)cc2)CC1. The minimum Gasteiger partial charge on any atom is -0.444 e. The van der Waals surface area contributed by atoms with Crippen molar-refractivity contribution >= 4 is 29.6 Å². The van der Waals surface area contributed by atoms with Crippen molar-refractivity contribution in [3.63, 3.8) is 0 Å². The molecule has 2 aromatic heterocycles. The van der Waals surface area contributed by atoms with Gasteiger partial charge in [0.25, 0.3) is 5.91 Å². The summed E-state index contributed by atoms with van der Waals surface area (Å²) in [4.78, 5) is 36.9. The van der Waals surface area contributed by atoms with Crippen molar-refractivity contribution in [2.45, 2.75) is 26.4 Å². The first kappa shape index (κ1) is 23.0. The molecule has 178 valence electrons. The lowest BCUT2D eigenvalue weighted by Crippen LogP contribution is -2.51. The van der Waals surface area contributed by atoms with E-state index in [1.165, 1.54) is 4.68 Å². The van der Waals surface area contributed by atoms with Crippen LogP contribution in [0.25, 0.3) is 5.82 Å². The molecule has 0 spiro atoms. The number of carbonyl (C=O) groups is 2. The van der Waals surface area contributed by atoms with Crippen molar-refractivity contribution in [2.75, 3.05) is 37.2 Å². The van der Waals surface area contributed by atoms with E-state index in [9.17, 15) is 9.59 Å². The Labute approximate surface area is 197 Å². The van der Waals surface area contributed by atoms with Crippen LogP contribution in [0.15, 0.2) is 48.7 Å². The number of hydrogen-bond donors (Lipinski definition) is 2. The zero-order valence-corrected chi connectivity index (χ0v) is 19.4. The average Bonchev–Trinajstić information content (AvgIpc) is 3.18. The second-order valence-corrected chi connectivity index (χ2v) is 8.86. The maximum atomic E-state index is 12.9. The molecule has 3 aromatic rings. The minimum atomic E-state index is -0.544. The first-order valence-electron chi connectivity index (χ1n) is 11.0. The van der Waals surface area contributed by atoms with Crippen LogP contribution in [0.1, 0.15) is 31.1 Å². The van der Waals surface area contributed by atoms with Crippen molar-refractivity contribution < 1.29 is 14.3 Å². The van der Waals surface area contributed by atoms with Crippen molar-refractivity contribution in [2.24, 2.45) is 0 Å². The van der Waals surface area contributed by atoms with Crippen molar-refractivity contribution in [3.05, 3.63) is 54.2 Å². The molecule has 3 heterocycles. The largest absolute Gasteiger partial charge is 0.444 e. The predicted molar refractivity (Wildman–Crippen MR) is 127 cm³/mol. The third-order valence-electron chi connectivity index (χ3n) is 5.11. The minimum absolute atomic E-state index is 0.0859. The summed E-state index contributed by atoms with van der Waals surface area (Å²) in [5, 5.41) is 7.42. The molecule has 1 aromatic carbocycles. The third kappa shape index (κ3) is 5.42. The van der Waals surface area contributed by atoms with E-state index in [4.69, 9.17) is 10.5 Å². The molecule has 0 radical (unpaired) electrons. The number of nitrogens with two attached hydrogens (primary N) is 1. The Kier molecular flexibility index (Phi) is 6.35. The molecule has 11 heteroatoms. The van der Waals surface area contributed by atoms with E-state index >= 15 is 0 Å². The number of nitrogens with one attached hydrogen (secondary N) is 1. The molecule has 0 atom stereocenters. The van der Waals surface area contributed by atoms with E-state index in [0.717, 1.165) is 0 Å². The number of benzene rings is 1. The summed E-state index contributed by atoms with van der Waals surface area (Å²) < 4.78 is 6.85. The Morgan fingerprint density at radius 1 is 1.00 bits per heavy atom. The van der Waals surface area contributed by atoms with E-state index < -0.39 is 5.60 Å². The first-order chi connectivity index (χ1) is 16.2. The highest BCUT2D eigenvalue weighted by Gasteiger charge is 2.28. The number of nitrogen functional groups attached to an aromatic ring is 1. The molecular formula is C23H28N8O3. The smallest absolute Gasteiger partial charge is 0.410 e. The Morgan fingerprint density at radius 2 is 1.68 bits per heavy atom. The van der Waals surface area contributed by atoms with E-state index in [1.807, 2.05) is 26.8 Å². The van der Waals surface area contributed by atoms with Gasteiger partial charge in [-0.3, -0.25) is 4.79 Å². The lowest BCUT2D eigenvalue weighted by atomic mass is 10.1. The topological polar surface area (TPSA) is 132 Å². The molecule has 0 aliphatic carbocycles. The van der Waals surface area contributed by atoms with Crippen molar-refractivity contribution in [3.8, 4) is 5.82 Å². The van der Waals surface area contributed by atoms with Gasteiger partial charge in [0.15, 0.2) is 5.82 Å². The van der Waals surface area contributed by atoms with E-state index in [0.29, 0.717) is 49.2 Å². The maximum Gasteiger partial charge on any atom is 0.410 e. The number of anilines is 3. The third-order valence-corrected chi connectivity index (χ3v) is 5.11. The number of pyridine rings is 1. The van der Waals surface area contributed by atoms with Crippen LogP contribution in [-0.2, 0) is 4.74 Å². The zero-order valence-electron chi connectivity index (χ0n) is 19.4. The molecule has 1 fully saturated rings. The van der Waals surface area contributed by atoms with Crippen LogP contribution in [0.3, 0.4) is 0 Å². The summed E-state index contributed by atoms with van der Waals surface area (Å²) in [6, 6.07) is 12.5. The fourth-order valence-corrected chi connectivity index (χ4v) is 3.45. The molecule has 34 heavy (non-hydrogen) atoms. The number of amides is 2. The van der Waals surface area contributed by atoms with Crippen LogP contribution < -0.4 is 11.1 Å². The molecule has 3 N–H and O–H groups in total. The van der Waals surface area contributed by atoms with Gasteiger partial charge in [-0.15, -0.1) is 5.10 Å². The van der Waals surface area contributed by atoms with Gasteiger partial charge in [-0.25, -0.2) is 9.78 Å². The van der Waals surface area contributed by atoms with Crippen molar-refractivity contribution in [1.29, 1.82) is 0 Å². The quantitative estimate of drug-likeness (QED) is 0.602. The second-order valence-electron chi connectivity index (χ2n) is 8.86. The lowest BCUT2D eigenvalue weighted by Gasteiger charge is -2.35. The molecule has 1 saturated heterocycles. The van der Waals surface area contributed by atoms with Gasteiger partial charge in [0.2, 0.25) is 11.9 Å². The molecule has 11 nitrogen and oxygen atoms in total. The molecule has 1 aliphatic rings. The fraction of sp³-hybridized carbons (Fsp3) is 0.348. The number of nitrogens with zero attached hydrogens (tertiary/aromatic N) is 6. The van der Waals surface area contributed by atoms with Gasteiger partial charge in [0.05, 0.1) is 0 Å². The highest BCUT2D eigenvalue weighted by Crippen LogP contribution is 2.19. The number of aromatic nitrogens is 4. The summed E-state index contributed by atoms with van der Waals surface area (Å²) in [5.41, 5.74) is 6.69. The van der Waals surface area contributed by atoms with Gasteiger partial charge < -0.3 is 25.6 Å². The van der Waals surface area contributed by atoms with Gasteiger partial charge in [0, 0.05) is 43.6 Å². The monoisotopic (exact) mass is 464 g/mol. The van der Waals surface area contributed by atoms with Gasteiger partial charge in [0.1, 0.15) is 5.60 Å². The Morgan fingerprint density at radius 3 is 2.29 bits per heavy atom. The van der Waals surface area contributed by atoms with E-state index in [-0.39, 0.29) is 17.9 Å². The summed E-state index contributed by atoms with van der Waals surface area (Å²) in [6.07, 6.45) is 1.30.